The lowest BCUT2D eigenvalue weighted by molar-refractivity contribution is 0.304. The van der Waals surface area contributed by atoms with Crippen molar-refractivity contribution in [3.8, 4) is 6.26 Å². The van der Waals surface area contributed by atoms with Crippen molar-refractivity contribution in [2.45, 2.75) is 33.6 Å². The lowest BCUT2D eigenvalue weighted by Gasteiger charge is -2.13. The Morgan fingerprint density at radius 3 is 2.86 bits per heavy atom. The van der Waals surface area contributed by atoms with Crippen molar-refractivity contribution < 1.29 is 4.74 Å². The van der Waals surface area contributed by atoms with E-state index in [9.17, 15) is 0 Å². The lowest BCUT2D eigenvalue weighted by Crippen LogP contribution is -2.02. The summed E-state index contributed by atoms with van der Waals surface area (Å²) in [5, 5.41) is 8.20. The Bertz CT molecular complexity index is 235. The average molecular weight is 193 g/mol. The molecule has 0 aromatic heterocycles. The summed E-state index contributed by atoms with van der Waals surface area (Å²) in [5.74, 6) is 0.632. The molecular formula is C12H19NO. The summed E-state index contributed by atoms with van der Waals surface area (Å²) in [6, 6.07) is 0. The highest BCUT2D eigenvalue weighted by Gasteiger charge is 2.06. The van der Waals surface area contributed by atoms with Crippen LogP contribution in [-0.2, 0) is 4.74 Å². The Balaban J connectivity index is 0.000000791. The summed E-state index contributed by atoms with van der Waals surface area (Å²) in [6.07, 6.45) is 10.3. The molecule has 0 aromatic carbocycles. The van der Waals surface area contributed by atoms with E-state index in [1.807, 2.05) is 19.9 Å². The minimum atomic E-state index is 0.420. The molecule has 0 radical (unpaired) electrons. The Kier molecular flexibility index (Phi) is 7.64. The van der Waals surface area contributed by atoms with Gasteiger partial charge in [-0.25, -0.2) is 0 Å². The van der Waals surface area contributed by atoms with Crippen LogP contribution in [0, 0.1) is 17.4 Å². The zero-order valence-corrected chi connectivity index (χ0v) is 9.29. The van der Waals surface area contributed by atoms with E-state index < -0.39 is 0 Å². The minimum absolute atomic E-state index is 0.420. The molecular weight excluding hydrogens is 174 g/mol. The van der Waals surface area contributed by atoms with E-state index >= 15 is 0 Å². The first kappa shape index (κ1) is 12.8. The third-order valence-corrected chi connectivity index (χ3v) is 2.05. The smallest absolute Gasteiger partial charge is 0.286 e. The molecule has 14 heavy (non-hydrogen) atoms. The fourth-order valence-corrected chi connectivity index (χ4v) is 1.32. The summed E-state index contributed by atoms with van der Waals surface area (Å²) in [4.78, 5) is 0. The molecule has 0 saturated heterocycles. The second kappa shape index (κ2) is 8.37. The van der Waals surface area contributed by atoms with Crippen molar-refractivity contribution in [3.05, 3.63) is 23.8 Å². The van der Waals surface area contributed by atoms with Gasteiger partial charge in [-0.2, -0.15) is 5.26 Å². The van der Waals surface area contributed by atoms with Gasteiger partial charge >= 0.3 is 0 Å². The molecule has 1 unspecified atom stereocenters. The fraction of sp³-hybridized carbons (Fsp3) is 0.583. The zero-order chi connectivity index (χ0) is 10.8. The molecule has 0 aromatic rings. The van der Waals surface area contributed by atoms with Crippen LogP contribution < -0.4 is 0 Å². The Labute approximate surface area is 86.9 Å². The quantitative estimate of drug-likeness (QED) is 0.643. The summed E-state index contributed by atoms with van der Waals surface area (Å²) in [7, 11) is 0. The summed E-state index contributed by atoms with van der Waals surface area (Å²) >= 11 is 0. The molecule has 0 heterocycles. The third kappa shape index (κ3) is 4.71. The van der Waals surface area contributed by atoms with Crippen molar-refractivity contribution in [2.75, 3.05) is 6.61 Å². The van der Waals surface area contributed by atoms with Crippen LogP contribution in [0.15, 0.2) is 23.8 Å². The minimum Gasteiger partial charge on any atom is -0.423 e. The maximum atomic E-state index is 8.20. The number of rotatable bonds is 3. The topological polar surface area (TPSA) is 33.0 Å². The van der Waals surface area contributed by atoms with Crippen LogP contribution in [-0.4, -0.2) is 6.61 Å². The normalized spacial score (nSPS) is 18.7. The average Bonchev–Trinajstić information content (AvgIpc) is 2.29. The summed E-state index contributed by atoms with van der Waals surface area (Å²) < 4.78 is 4.65. The monoisotopic (exact) mass is 193 g/mol. The molecule has 78 valence electrons. The zero-order valence-electron chi connectivity index (χ0n) is 9.29. The maximum Gasteiger partial charge on any atom is 0.286 e. The Hall–Kier alpha value is -1.23. The maximum absolute atomic E-state index is 8.20. The van der Waals surface area contributed by atoms with Gasteiger partial charge in [-0.05, 0) is 24.3 Å². The summed E-state index contributed by atoms with van der Waals surface area (Å²) in [6.45, 7) is 6.59. The molecule has 0 aliphatic heterocycles. The van der Waals surface area contributed by atoms with Gasteiger partial charge in [0.15, 0.2) is 0 Å². The van der Waals surface area contributed by atoms with Crippen LogP contribution >= 0.6 is 0 Å². The predicted octanol–water partition coefficient (Wildman–Crippen LogP) is 3.42. The first-order valence-electron chi connectivity index (χ1n) is 5.25. The largest absolute Gasteiger partial charge is 0.423 e. The number of allylic oxidation sites excluding steroid dienone is 2. The van der Waals surface area contributed by atoms with Crippen molar-refractivity contribution >= 4 is 0 Å². The van der Waals surface area contributed by atoms with Crippen molar-refractivity contribution in [3.63, 3.8) is 0 Å². The van der Waals surface area contributed by atoms with Gasteiger partial charge in [-0.15, -0.1) is 0 Å². The second-order valence-electron chi connectivity index (χ2n) is 2.93. The van der Waals surface area contributed by atoms with Crippen molar-refractivity contribution in [1.82, 2.24) is 0 Å². The van der Waals surface area contributed by atoms with Crippen LogP contribution in [0.25, 0.3) is 0 Å². The van der Waals surface area contributed by atoms with Crippen molar-refractivity contribution in [1.29, 1.82) is 5.26 Å². The molecule has 2 heteroatoms. The van der Waals surface area contributed by atoms with Gasteiger partial charge in [0, 0.05) is 0 Å². The highest BCUT2D eigenvalue weighted by atomic mass is 16.5. The van der Waals surface area contributed by atoms with Crippen LogP contribution in [0.1, 0.15) is 33.6 Å². The van der Waals surface area contributed by atoms with E-state index in [-0.39, 0.29) is 0 Å². The second-order valence-corrected chi connectivity index (χ2v) is 2.93. The Morgan fingerprint density at radius 1 is 1.57 bits per heavy atom. The van der Waals surface area contributed by atoms with Gasteiger partial charge in [0.05, 0.1) is 0 Å². The molecule has 1 aliphatic rings. The number of hydrogen-bond acceptors (Lipinski definition) is 2. The van der Waals surface area contributed by atoms with Crippen LogP contribution in [0.2, 0.25) is 0 Å². The van der Waals surface area contributed by atoms with E-state index in [2.05, 4.69) is 23.8 Å². The molecule has 0 fully saturated rings. The first-order chi connectivity index (χ1) is 6.86. The van der Waals surface area contributed by atoms with Gasteiger partial charge in [0.25, 0.3) is 6.26 Å². The molecule has 1 rings (SSSR count). The molecule has 1 aliphatic carbocycles. The molecule has 0 bridgehead atoms. The summed E-state index contributed by atoms with van der Waals surface area (Å²) in [5.41, 5.74) is 1.12. The molecule has 0 amide bonds. The van der Waals surface area contributed by atoms with Crippen molar-refractivity contribution in [2.24, 2.45) is 5.92 Å². The molecule has 1 atom stereocenters. The molecule has 0 spiro atoms. The number of nitriles is 1. The van der Waals surface area contributed by atoms with Crippen LogP contribution in [0.3, 0.4) is 0 Å². The third-order valence-electron chi connectivity index (χ3n) is 2.05. The van der Waals surface area contributed by atoms with Gasteiger partial charge in [0.1, 0.15) is 6.61 Å². The fourth-order valence-electron chi connectivity index (χ4n) is 1.32. The highest BCUT2D eigenvalue weighted by molar-refractivity contribution is 5.24. The number of nitrogens with zero attached hydrogens (tertiary/aromatic N) is 1. The van der Waals surface area contributed by atoms with E-state index in [0.717, 1.165) is 18.4 Å². The van der Waals surface area contributed by atoms with E-state index in [1.54, 1.807) is 6.26 Å². The first-order valence-corrected chi connectivity index (χ1v) is 5.25. The Morgan fingerprint density at radius 2 is 2.29 bits per heavy atom. The van der Waals surface area contributed by atoms with Gasteiger partial charge in [-0.3, -0.25) is 0 Å². The lowest BCUT2D eigenvalue weighted by atomic mass is 9.94. The van der Waals surface area contributed by atoms with Crippen LogP contribution in [0.5, 0.6) is 0 Å². The molecule has 0 saturated carbocycles. The predicted molar refractivity (Wildman–Crippen MR) is 58.5 cm³/mol. The molecule has 2 nitrogen and oxygen atoms in total. The number of ether oxygens (including phenoxy) is 1. The van der Waals surface area contributed by atoms with E-state index in [4.69, 9.17) is 5.26 Å². The number of hydrogen-bond donors (Lipinski definition) is 0. The van der Waals surface area contributed by atoms with Crippen LogP contribution in [0.4, 0.5) is 0 Å². The van der Waals surface area contributed by atoms with Gasteiger partial charge in [-0.1, -0.05) is 39.0 Å². The molecule has 0 N–H and O–H groups in total. The van der Waals surface area contributed by atoms with Gasteiger partial charge in [0.2, 0.25) is 0 Å². The van der Waals surface area contributed by atoms with Gasteiger partial charge < -0.3 is 4.74 Å². The standard InChI is InChI=1S/C10H13NO.C2H6/c1-2-9-4-3-5-10(6-9)7-12-8-11;1-2/h3,5-6,9H,2,4,7H2,1H3;1-2H3. The van der Waals surface area contributed by atoms with E-state index in [1.165, 1.54) is 0 Å². The van der Waals surface area contributed by atoms with E-state index in [0.29, 0.717) is 12.5 Å². The highest BCUT2D eigenvalue weighted by Crippen LogP contribution is 2.19. The SMILES string of the molecule is CC.CCC1C=C(COC#N)C=CC1.